The number of carboxylic acids is 1. The first-order chi connectivity index (χ1) is 7.69. The number of carbonyl (C=O) groups is 1. The fraction of sp³-hybridized carbons (Fsp3) is 0.308. The van der Waals surface area contributed by atoms with Gasteiger partial charge in [-0.25, -0.2) is 4.79 Å². The molecule has 0 radical (unpaired) electrons. The van der Waals surface area contributed by atoms with Crippen LogP contribution in [0, 0.1) is 0 Å². The van der Waals surface area contributed by atoms with E-state index >= 15 is 0 Å². The summed E-state index contributed by atoms with van der Waals surface area (Å²) in [6.07, 6.45) is 2.90. The Kier molecular flexibility index (Phi) is 4.58. The van der Waals surface area contributed by atoms with E-state index in [2.05, 4.69) is 18.4 Å². The number of aromatic carboxylic acids is 1. The van der Waals surface area contributed by atoms with Gasteiger partial charge in [-0.1, -0.05) is 13.0 Å². The van der Waals surface area contributed by atoms with Crippen LogP contribution in [0.15, 0.2) is 36.9 Å². The molecule has 3 heteroatoms. The SMILES string of the molecule is C=CCN(CCC)c1ccc(C(=O)O)cc1. The first-order valence-corrected chi connectivity index (χ1v) is 5.38. The van der Waals surface area contributed by atoms with E-state index in [4.69, 9.17) is 5.11 Å². The van der Waals surface area contributed by atoms with E-state index in [9.17, 15) is 4.79 Å². The summed E-state index contributed by atoms with van der Waals surface area (Å²) in [6, 6.07) is 6.93. The van der Waals surface area contributed by atoms with E-state index < -0.39 is 5.97 Å². The second kappa shape index (κ2) is 5.95. The summed E-state index contributed by atoms with van der Waals surface area (Å²) in [5.74, 6) is -0.891. The lowest BCUT2D eigenvalue weighted by Gasteiger charge is -2.22. The second-order valence-corrected chi connectivity index (χ2v) is 3.59. The molecule has 0 amide bonds. The Labute approximate surface area is 96.0 Å². The van der Waals surface area contributed by atoms with E-state index in [1.54, 1.807) is 12.1 Å². The van der Waals surface area contributed by atoms with E-state index in [0.29, 0.717) is 5.56 Å². The third-order valence-electron chi connectivity index (χ3n) is 2.32. The van der Waals surface area contributed by atoms with Crippen molar-refractivity contribution in [1.29, 1.82) is 0 Å². The van der Waals surface area contributed by atoms with Crippen molar-refractivity contribution in [1.82, 2.24) is 0 Å². The van der Waals surface area contributed by atoms with Gasteiger partial charge in [-0.3, -0.25) is 0 Å². The first-order valence-electron chi connectivity index (χ1n) is 5.38. The number of benzene rings is 1. The molecule has 0 fully saturated rings. The fourth-order valence-electron chi connectivity index (χ4n) is 1.57. The molecule has 0 atom stereocenters. The molecular formula is C13H17NO2. The number of rotatable bonds is 6. The molecule has 1 rings (SSSR count). The largest absolute Gasteiger partial charge is 0.478 e. The van der Waals surface area contributed by atoms with Crippen LogP contribution in [0.2, 0.25) is 0 Å². The van der Waals surface area contributed by atoms with Crippen LogP contribution in [-0.4, -0.2) is 24.2 Å². The molecule has 1 aromatic carbocycles. The second-order valence-electron chi connectivity index (χ2n) is 3.59. The zero-order valence-corrected chi connectivity index (χ0v) is 9.52. The van der Waals surface area contributed by atoms with Crippen LogP contribution >= 0.6 is 0 Å². The van der Waals surface area contributed by atoms with Crippen LogP contribution in [0.3, 0.4) is 0 Å². The average Bonchev–Trinajstić information content (AvgIpc) is 2.29. The van der Waals surface area contributed by atoms with Crippen molar-refractivity contribution in [3.63, 3.8) is 0 Å². The van der Waals surface area contributed by atoms with Gasteiger partial charge >= 0.3 is 5.97 Å². The summed E-state index contributed by atoms with van der Waals surface area (Å²) in [7, 11) is 0. The molecule has 0 aromatic heterocycles. The Morgan fingerprint density at radius 2 is 2.06 bits per heavy atom. The lowest BCUT2D eigenvalue weighted by atomic mass is 10.2. The maximum atomic E-state index is 10.7. The molecule has 0 saturated heterocycles. The number of hydrogen-bond donors (Lipinski definition) is 1. The Hall–Kier alpha value is -1.77. The minimum Gasteiger partial charge on any atom is -0.478 e. The zero-order valence-electron chi connectivity index (χ0n) is 9.52. The van der Waals surface area contributed by atoms with Gasteiger partial charge in [-0.05, 0) is 30.7 Å². The third-order valence-corrected chi connectivity index (χ3v) is 2.32. The van der Waals surface area contributed by atoms with Crippen molar-refractivity contribution < 1.29 is 9.90 Å². The zero-order chi connectivity index (χ0) is 12.0. The van der Waals surface area contributed by atoms with Gasteiger partial charge in [0.15, 0.2) is 0 Å². The molecule has 86 valence electrons. The van der Waals surface area contributed by atoms with Crippen molar-refractivity contribution >= 4 is 11.7 Å². The van der Waals surface area contributed by atoms with Crippen LogP contribution in [0.25, 0.3) is 0 Å². The van der Waals surface area contributed by atoms with Crippen molar-refractivity contribution in [2.45, 2.75) is 13.3 Å². The maximum Gasteiger partial charge on any atom is 0.335 e. The van der Waals surface area contributed by atoms with Crippen LogP contribution in [0.1, 0.15) is 23.7 Å². The Balaban J connectivity index is 2.84. The van der Waals surface area contributed by atoms with Crippen molar-refractivity contribution in [2.75, 3.05) is 18.0 Å². The monoisotopic (exact) mass is 219 g/mol. The topological polar surface area (TPSA) is 40.5 Å². The molecule has 0 aliphatic carbocycles. The normalized spacial score (nSPS) is 9.81. The molecule has 0 unspecified atom stereocenters. The molecule has 0 aliphatic rings. The molecule has 1 aromatic rings. The minimum atomic E-state index is -0.891. The number of carboxylic acid groups (broad SMARTS) is 1. The fourth-order valence-corrected chi connectivity index (χ4v) is 1.57. The van der Waals surface area contributed by atoms with Crippen molar-refractivity contribution in [3.05, 3.63) is 42.5 Å². The summed E-state index contributed by atoms with van der Waals surface area (Å²) >= 11 is 0. The molecule has 0 bridgehead atoms. The van der Waals surface area contributed by atoms with Gasteiger partial charge in [-0.15, -0.1) is 6.58 Å². The molecule has 0 saturated carbocycles. The Bertz CT molecular complexity index is 357. The highest BCUT2D eigenvalue weighted by Crippen LogP contribution is 2.15. The van der Waals surface area contributed by atoms with E-state index in [1.165, 1.54) is 0 Å². The summed E-state index contributed by atoms with van der Waals surface area (Å²) in [4.78, 5) is 12.9. The van der Waals surface area contributed by atoms with Gasteiger partial charge in [0.05, 0.1) is 5.56 Å². The van der Waals surface area contributed by atoms with Gasteiger partial charge in [0.1, 0.15) is 0 Å². The highest BCUT2D eigenvalue weighted by molar-refractivity contribution is 5.88. The lowest BCUT2D eigenvalue weighted by Crippen LogP contribution is -2.23. The summed E-state index contributed by atoms with van der Waals surface area (Å²) in [5, 5.41) is 8.79. The highest BCUT2D eigenvalue weighted by Gasteiger charge is 2.05. The Morgan fingerprint density at radius 1 is 1.44 bits per heavy atom. The highest BCUT2D eigenvalue weighted by atomic mass is 16.4. The minimum absolute atomic E-state index is 0.318. The summed E-state index contributed by atoms with van der Waals surface area (Å²) in [6.45, 7) is 7.55. The van der Waals surface area contributed by atoms with E-state index in [-0.39, 0.29) is 0 Å². The van der Waals surface area contributed by atoms with Gasteiger partial charge in [0.2, 0.25) is 0 Å². The summed E-state index contributed by atoms with van der Waals surface area (Å²) in [5.41, 5.74) is 1.35. The predicted octanol–water partition coefficient (Wildman–Crippen LogP) is 2.79. The molecule has 16 heavy (non-hydrogen) atoms. The average molecular weight is 219 g/mol. The molecule has 0 spiro atoms. The first kappa shape index (κ1) is 12.3. The summed E-state index contributed by atoms with van der Waals surface area (Å²) < 4.78 is 0. The van der Waals surface area contributed by atoms with E-state index in [0.717, 1.165) is 25.2 Å². The van der Waals surface area contributed by atoms with Gasteiger partial charge < -0.3 is 10.0 Å². The smallest absolute Gasteiger partial charge is 0.335 e. The third kappa shape index (κ3) is 3.12. The molecule has 0 heterocycles. The maximum absolute atomic E-state index is 10.7. The van der Waals surface area contributed by atoms with Gasteiger partial charge in [-0.2, -0.15) is 0 Å². The van der Waals surface area contributed by atoms with Crippen LogP contribution in [-0.2, 0) is 0 Å². The van der Waals surface area contributed by atoms with Crippen molar-refractivity contribution in [3.8, 4) is 0 Å². The van der Waals surface area contributed by atoms with Gasteiger partial charge in [0, 0.05) is 18.8 Å². The standard InChI is InChI=1S/C13H17NO2/c1-3-9-14(10-4-2)12-7-5-11(6-8-12)13(15)16/h3,5-8H,1,4,9-10H2,2H3,(H,15,16). The molecular weight excluding hydrogens is 202 g/mol. The molecule has 3 nitrogen and oxygen atoms in total. The van der Waals surface area contributed by atoms with Crippen LogP contribution in [0.5, 0.6) is 0 Å². The molecule has 0 aliphatic heterocycles. The number of nitrogens with zero attached hydrogens (tertiary/aromatic N) is 1. The quantitative estimate of drug-likeness (QED) is 0.748. The van der Waals surface area contributed by atoms with Gasteiger partial charge in [0.25, 0.3) is 0 Å². The number of anilines is 1. The lowest BCUT2D eigenvalue weighted by molar-refractivity contribution is 0.0697. The van der Waals surface area contributed by atoms with Crippen LogP contribution in [0.4, 0.5) is 5.69 Å². The Morgan fingerprint density at radius 3 is 2.50 bits per heavy atom. The number of hydrogen-bond acceptors (Lipinski definition) is 2. The van der Waals surface area contributed by atoms with E-state index in [1.807, 2.05) is 18.2 Å². The van der Waals surface area contributed by atoms with Crippen molar-refractivity contribution in [2.24, 2.45) is 0 Å². The molecule has 1 N–H and O–H groups in total. The van der Waals surface area contributed by atoms with Crippen LogP contribution < -0.4 is 4.90 Å². The predicted molar refractivity (Wildman–Crippen MR) is 66.1 cm³/mol.